The first-order valence-electron chi connectivity index (χ1n) is 9.08. The molecule has 0 aliphatic heterocycles. The first kappa shape index (κ1) is 26.1. The molecule has 0 saturated heterocycles. The third-order valence-electron chi connectivity index (χ3n) is 3.84. The average Bonchev–Trinajstić information content (AvgIpc) is 2.69. The molecule has 6 nitrogen and oxygen atoms in total. The molecule has 0 atom stereocenters. The van der Waals surface area contributed by atoms with Crippen molar-refractivity contribution in [2.24, 2.45) is 0 Å². The number of alkyl halides is 1. The Morgan fingerprint density at radius 3 is 2.62 bits per heavy atom. The summed E-state index contributed by atoms with van der Waals surface area (Å²) in [5, 5.41) is 2.69. The Morgan fingerprint density at radius 2 is 1.97 bits per heavy atom. The summed E-state index contributed by atoms with van der Waals surface area (Å²) in [5.74, 6) is -0.125. The zero-order chi connectivity index (χ0) is 20.4. The molecule has 1 aromatic carbocycles. The van der Waals surface area contributed by atoms with Gasteiger partial charge < -0.3 is 38.9 Å². The molecule has 0 fully saturated rings. The van der Waals surface area contributed by atoms with E-state index >= 15 is 0 Å². The normalized spacial score (nSPS) is 10.0. The Bertz CT molecular complexity index is 794. The topological polar surface area (TPSA) is 62.5 Å². The van der Waals surface area contributed by atoms with Gasteiger partial charge in [-0.3, -0.25) is 4.79 Å². The number of carbonyl (C=O) groups excluding carboxylic acids is 2. The first-order chi connectivity index (χ1) is 13.5. The fraction of sp³-hybridized carbons (Fsp3) is 0.350. The Balaban J connectivity index is 0.00000420. The fourth-order valence-electron chi connectivity index (χ4n) is 2.67. The van der Waals surface area contributed by atoms with Gasteiger partial charge in [-0.15, -0.1) is 0 Å². The van der Waals surface area contributed by atoms with Crippen molar-refractivity contribution in [1.29, 1.82) is 0 Å². The number of amides is 2. The molecule has 0 aliphatic carbocycles. The summed E-state index contributed by atoms with van der Waals surface area (Å²) in [4.78, 5) is 26.6. The summed E-state index contributed by atoms with van der Waals surface area (Å²) in [6.07, 6.45) is 4.31. The van der Waals surface area contributed by atoms with Crippen molar-refractivity contribution in [3.05, 3.63) is 58.8 Å². The van der Waals surface area contributed by atoms with E-state index in [1.165, 1.54) is 0 Å². The van der Waals surface area contributed by atoms with E-state index < -0.39 is 6.09 Å². The van der Waals surface area contributed by atoms with Gasteiger partial charge in [0.25, 0.3) is 5.91 Å². The summed E-state index contributed by atoms with van der Waals surface area (Å²) in [7, 11) is 0. The lowest BCUT2D eigenvalue weighted by atomic mass is 10.2. The molecule has 1 heterocycles. The Kier molecular flexibility index (Phi) is 12.7. The van der Waals surface area contributed by atoms with Crippen LogP contribution in [0.3, 0.4) is 0 Å². The highest BCUT2D eigenvalue weighted by atomic mass is 127. The van der Waals surface area contributed by atoms with E-state index in [1.807, 2.05) is 53.4 Å². The molecule has 1 N–H and O–H groups in total. The second-order valence-electron chi connectivity index (χ2n) is 6.02. The van der Waals surface area contributed by atoms with Crippen LogP contribution in [0.2, 0.25) is 0 Å². The fourth-order valence-corrected chi connectivity index (χ4v) is 3.40. The standard InChI is InChI=1S/C20H23BrIN3O3.HI/c1-2-10-24-14-16(13-17(21)15-24)19(26)25(18-6-4-3-5-7-18)11-9-23-20(27)28-12-8-22;/h3-7,13-15H,2,8-12H2,1H3;1H. The van der Waals surface area contributed by atoms with Crippen LogP contribution < -0.4 is 38.8 Å². The molecule has 0 saturated carbocycles. The lowest BCUT2D eigenvalue weighted by molar-refractivity contribution is -0.697. The van der Waals surface area contributed by atoms with E-state index in [0.717, 1.165) is 27.6 Å². The maximum absolute atomic E-state index is 13.2. The number of rotatable bonds is 9. The van der Waals surface area contributed by atoms with Gasteiger partial charge in [0.05, 0.1) is 4.47 Å². The Labute approximate surface area is 210 Å². The monoisotopic (exact) mass is 687 g/mol. The third kappa shape index (κ3) is 8.75. The first-order valence-corrected chi connectivity index (χ1v) is 11.4. The number of alkyl carbamates (subject to hydrolysis) is 1. The SMILES string of the molecule is CCC[n+]1cc(Br)cc(C(=O)N(CCNC(=O)OCCI)c2ccccc2)c1.[I-]. The molecule has 2 aromatic rings. The summed E-state index contributed by atoms with van der Waals surface area (Å²) in [5.41, 5.74) is 1.36. The predicted molar refractivity (Wildman–Crippen MR) is 121 cm³/mol. The number of aryl methyl sites for hydroxylation is 1. The van der Waals surface area contributed by atoms with Gasteiger partial charge in [-0.05, 0) is 34.1 Å². The molecular formula is C20H24BrI2N3O3. The van der Waals surface area contributed by atoms with Crippen LogP contribution in [0.1, 0.15) is 23.7 Å². The Hall–Kier alpha value is -0.950. The number of hydrogen-bond donors (Lipinski definition) is 1. The maximum Gasteiger partial charge on any atom is 0.407 e. The predicted octanol–water partition coefficient (Wildman–Crippen LogP) is 0.959. The number of halogens is 3. The number of para-hydroxylation sites is 1. The molecular weight excluding hydrogens is 664 g/mol. The molecule has 0 aliphatic rings. The van der Waals surface area contributed by atoms with E-state index in [-0.39, 0.29) is 29.9 Å². The van der Waals surface area contributed by atoms with Crippen molar-refractivity contribution in [3.63, 3.8) is 0 Å². The van der Waals surface area contributed by atoms with Crippen LogP contribution in [0.5, 0.6) is 0 Å². The van der Waals surface area contributed by atoms with Crippen molar-refractivity contribution in [3.8, 4) is 0 Å². The Morgan fingerprint density at radius 1 is 1.24 bits per heavy atom. The van der Waals surface area contributed by atoms with Crippen molar-refractivity contribution in [2.45, 2.75) is 19.9 Å². The zero-order valence-corrected chi connectivity index (χ0v) is 22.0. The number of anilines is 1. The number of nitrogens with one attached hydrogen (secondary N) is 1. The highest BCUT2D eigenvalue weighted by Crippen LogP contribution is 2.18. The van der Waals surface area contributed by atoms with Crippen LogP contribution in [0.25, 0.3) is 0 Å². The van der Waals surface area contributed by atoms with Crippen molar-refractivity contribution in [2.75, 3.05) is 29.0 Å². The molecule has 0 radical (unpaired) electrons. The molecule has 158 valence electrons. The van der Waals surface area contributed by atoms with E-state index in [0.29, 0.717) is 25.3 Å². The van der Waals surface area contributed by atoms with Gasteiger partial charge in [0.15, 0.2) is 12.4 Å². The van der Waals surface area contributed by atoms with E-state index in [9.17, 15) is 9.59 Å². The number of carbonyl (C=O) groups is 2. The van der Waals surface area contributed by atoms with Gasteiger partial charge in [0.1, 0.15) is 18.7 Å². The van der Waals surface area contributed by atoms with Crippen LogP contribution in [0, 0.1) is 0 Å². The van der Waals surface area contributed by atoms with Gasteiger partial charge in [0, 0.05) is 29.6 Å². The second kappa shape index (κ2) is 14.1. The van der Waals surface area contributed by atoms with E-state index in [2.05, 4.69) is 50.8 Å². The van der Waals surface area contributed by atoms with Crippen LogP contribution in [0.15, 0.2) is 53.3 Å². The molecule has 0 bridgehead atoms. The van der Waals surface area contributed by atoms with E-state index in [1.54, 1.807) is 4.90 Å². The van der Waals surface area contributed by atoms with Crippen LogP contribution in [-0.4, -0.2) is 36.1 Å². The van der Waals surface area contributed by atoms with Crippen molar-refractivity contribution < 1.29 is 42.9 Å². The third-order valence-corrected chi connectivity index (χ3v) is 4.72. The smallest absolute Gasteiger partial charge is 0.407 e. The number of hydrogen-bond acceptors (Lipinski definition) is 3. The summed E-state index contributed by atoms with van der Waals surface area (Å²) in [6.45, 7) is 3.92. The quantitative estimate of drug-likeness (QED) is 0.243. The molecule has 0 unspecified atom stereocenters. The van der Waals surface area contributed by atoms with Gasteiger partial charge >= 0.3 is 6.09 Å². The molecule has 2 rings (SSSR count). The molecule has 9 heteroatoms. The summed E-state index contributed by atoms with van der Waals surface area (Å²) < 4.78 is 8.60. The molecule has 0 spiro atoms. The van der Waals surface area contributed by atoms with Gasteiger partial charge in [0.2, 0.25) is 0 Å². The van der Waals surface area contributed by atoms with Gasteiger partial charge in [-0.1, -0.05) is 47.7 Å². The lowest BCUT2D eigenvalue weighted by Gasteiger charge is -2.23. The molecule has 2 amide bonds. The van der Waals surface area contributed by atoms with Crippen molar-refractivity contribution in [1.82, 2.24) is 5.32 Å². The number of benzene rings is 1. The van der Waals surface area contributed by atoms with Crippen LogP contribution in [-0.2, 0) is 11.3 Å². The minimum atomic E-state index is -0.472. The van der Waals surface area contributed by atoms with Crippen LogP contribution in [0.4, 0.5) is 10.5 Å². The summed E-state index contributed by atoms with van der Waals surface area (Å²) in [6, 6.07) is 11.2. The minimum Gasteiger partial charge on any atom is -1.00 e. The zero-order valence-electron chi connectivity index (χ0n) is 16.1. The average molecular weight is 688 g/mol. The highest BCUT2D eigenvalue weighted by Gasteiger charge is 2.21. The van der Waals surface area contributed by atoms with Gasteiger partial charge in [-0.2, -0.15) is 0 Å². The van der Waals surface area contributed by atoms with E-state index in [4.69, 9.17) is 4.74 Å². The molecule has 1 aromatic heterocycles. The van der Waals surface area contributed by atoms with Gasteiger partial charge in [-0.25, -0.2) is 9.36 Å². The minimum absolute atomic E-state index is 0. The number of aromatic nitrogens is 1. The highest BCUT2D eigenvalue weighted by molar-refractivity contribution is 14.1. The number of ether oxygens (including phenoxy) is 1. The largest absolute Gasteiger partial charge is 1.00 e. The number of pyridine rings is 1. The molecule has 29 heavy (non-hydrogen) atoms. The van der Waals surface area contributed by atoms with Crippen LogP contribution >= 0.6 is 38.5 Å². The second-order valence-corrected chi connectivity index (χ2v) is 8.02. The van der Waals surface area contributed by atoms with Crippen molar-refractivity contribution >= 4 is 56.2 Å². The summed E-state index contributed by atoms with van der Waals surface area (Å²) >= 11 is 5.63. The maximum atomic E-state index is 13.2. The lowest BCUT2D eigenvalue weighted by Crippen LogP contribution is -3.00. The number of nitrogens with zero attached hydrogens (tertiary/aromatic N) is 2.